The highest BCUT2D eigenvalue weighted by molar-refractivity contribution is 5.67. The molecule has 1 aromatic carbocycles. The second-order valence-corrected chi connectivity index (χ2v) is 4.16. The normalized spacial score (nSPS) is 9.76. The first-order valence-corrected chi connectivity index (χ1v) is 5.51. The van der Waals surface area contributed by atoms with Gasteiger partial charge in [-0.3, -0.25) is 0 Å². The third kappa shape index (κ3) is 5.03. The van der Waals surface area contributed by atoms with Gasteiger partial charge in [0, 0.05) is 6.54 Å². The van der Waals surface area contributed by atoms with Crippen LogP contribution in [-0.4, -0.2) is 12.7 Å². The van der Waals surface area contributed by atoms with E-state index in [4.69, 9.17) is 10.00 Å². The van der Waals surface area contributed by atoms with Crippen molar-refractivity contribution in [1.82, 2.24) is 5.32 Å². The van der Waals surface area contributed by atoms with E-state index >= 15 is 0 Å². The molecule has 0 aromatic heterocycles. The number of carbonyl (C=O) groups is 1. The number of rotatable bonds is 4. The van der Waals surface area contributed by atoms with E-state index in [0.29, 0.717) is 24.6 Å². The number of benzene rings is 1. The molecule has 17 heavy (non-hydrogen) atoms. The third-order valence-electron chi connectivity index (χ3n) is 2.04. The number of alkyl carbamates (subject to hydrolysis) is 1. The van der Waals surface area contributed by atoms with Crippen molar-refractivity contribution < 1.29 is 9.53 Å². The topological polar surface area (TPSA) is 62.1 Å². The summed E-state index contributed by atoms with van der Waals surface area (Å²) in [6, 6.07) is 9.15. The van der Waals surface area contributed by atoms with Gasteiger partial charge in [-0.2, -0.15) is 5.26 Å². The molecule has 0 saturated heterocycles. The average Bonchev–Trinajstić information content (AvgIpc) is 2.34. The van der Waals surface area contributed by atoms with Crippen molar-refractivity contribution in [3.05, 3.63) is 35.4 Å². The van der Waals surface area contributed by atoms with Gasteiger partial charge in [-0.25, -0.2) is 4.79 Å². The number of hydrogen-bond acceptors (Lipinski definition) is 3. The van der Waals surface area contributed by atoms with Crippen LogP contribution in [-0.2, 0) is 11.3 Å². The van der Waals surface area contributed by atoms with E-state index in [1.807, 2.05) is 19.9 Å². The molecule has 0 fully saturated rings. The molecule has 0 aliphatic heterocycles. The van der Waals surface area contributed by atoms with Gasteiger partial charge >= 0.3 is 6.09 Å². The Hall–Kier alpha value is -2.02. The summed E-state index contributed by atoms with van der Waals surface area (Å²) in [5.41, 5.74) is 1.46. The molecule has 0 spiro atoms. The number of ether oxygens (including phenoxy) is 1. The van der Waals surface area contributed by atoms with E-state index in [-0.39, 0.29) is 0 Å². The molecule has 4 nitrogen and oxygen atoms in total. The minimum absolute atomic E-state index is 0.322. The molecule has 1 N–H and O–H groups in total. The predicted octanol–water partition coefficient (Wildman–Crippen LogP) is 2.44. The van der Waals surface area contributed by atoms with Gasteiger partial charge in [0.25, 0.3) is 0 Å². The highest BCUT2D eigenvalue weighted by Crippen LogP contribution is 2.03. The molecule has 0 unspecified atom stereocenters. The van der Waals surface area contributed by atoms with Gasteiger partial charge < -0.3 is 10.1 Å². The second-order valence-electron chi connectivity index (χ2n) is 4.16. The highest BCUT2D eigenvalue weighted by atomic mass is 16.5. The van der Waals surface area contributed by atoms with Crippen LogP contribution >= 0.6 is 0 Å². The molecule has 1 rings (SSSR count). The summed E-state index contributed by atoms with van der Waals surface area (Å²) in [4.78, 5) is 11.3. The van der Waals surface area contributed by atoms with Crippen LogP contribution in [0.5, 0.6) is 0 Å². The maximum atomic E-state index is 11.3. The zero-order valence-corrected chi connectivity index (χ0v) is 10.1. The molecule has 0 saturated carbocycles. The van der Waals surface area contributed by atoms with Gasteiger partial charge in [-0.05, 0) is 23.6 Å². The summed E-state index contributed by atoms with van der Waals surface area (Å²) in [7, 11) is 0. The lowest BCUT2D eigenvalue weighted by Gasteiger charge is -2.08. The first-order chi connectivity index (χ1) is 8.11. The van der Waals surface area contributed by atoms with Crippen molar-refractivity contribution >= 4 is 6.09 Å². The summed E-state index contributed by atoms with van der Waals surface area (Å²) < 4.78 is 4.97. The number of nitrogens with zero attached hydrogens (tertiary/aromatic N) is 1. The molecule has 4 heteroatoms. The molecule has 90 valence electrons. The van der Waals surface area contributed by atoms with Crippen molar-refractivity contribution in [3.8, 4) is 6.07 Å². The Labute approximate surface area is 101 Å². The molecule has 0 radical (unpaired) electrons. The predicted molar refractivity (Wildman–Crippen MR) is 64.2 cm³/mol. The van der Waals surface area contributed by atoms with Crippen LogP contribution in [0.2, 0.25) is 0 Å². The fraction of sp³-hybridized carbons (Fsp3) is 0.385. The van der Waals surface area contributed by atoms with Gasteiger partial charge in [0.15, 0.2) is 0 Å². The maximum Gasteiger partial charge on any atom is 0.407 e. The monoisotopic (exact) mass is 232 g/mol. The Morgan fingerprint density at radius 1 is 1.53 bits per heavy atom. The SMILES string of the molecule is CC(C)COC(=O)NCc1cccc(C#N)c1. The Morgan fingerprint density at radius 3 is 2.94 bits per heavy atom. The van der Waals surface area contributed by atoms with Gasteiger partial charge in [0.1, 0.15) is 0 Å². The van der Waals surface area contributed by atoms with E-state index in [1.54, 1.807) is 18.2 Å². The van der Waals surface area contributed by atoms with Crippen LogP contribution < -0.4 is 5.32 Å². The smallest absolute Gasteiger partial charge is 0.407 e. The van der Waals surface area contributed by atoms with Gasteiger partial charge in [0.05, 0.1) is 18.2 Å². The Bertz CT molecular complexity index is 422. The lowest BCUT2D eigenvalue weighted by molar-refractivity contribution is 0.132. The molecule has 1 amide bonds. The zero-order chi connectivity index (χ0) is 12.7. The van der Waals surface area contributed by atoms with E-state index in [1.165, 1.54) is 0 Å². The second kappa shape index (κ2) is 6.54. The van der Waals surface area contributed by atoms with Crippen molar-refractivity contribution in [2.75, 3.05) is 6.61 Å². The first kappa shape index (κ1) is 13.0. The van der Waals surface area contributed by atoms with Crippen molar-refractivity contribution in [2.24, 2.45) is 5.92 Å². The molecule has 0 heterocycles. The number of carbonyl (C=O) groups excluding carboxylic acids is 1. The molecule has 0 aliphatic rings. The fourth-order valence-electron chi connectivity index (χ4n) is 1.22. The van der Waals surface area contributed by atoms with Gasteiger partial charge in [0.2, 0.25) is 0 Å². The van der Waals surface area contributed by atoms with Gasteiger partial charge in [-0.15, -0.1) is 0 Å². The van der Waals surface area contributed by atoms with E-state index in [0.717, 1.165) is 5.56 Å². The summed E-state index contributed by atoms with van der Waals surface area (Å²) >= 11 is 0. The van der Waals surface area contributed by atoms with Crippen LogP contribution in [0.3, 0.4) is 0 Å². The van der Waals surface area contributed by atoms with Crippen molar-refractivity contribution in [2.45, 2.75) is 20.4 Å². The van der Waals surface area contributed by atoms with Crippen molar-refractivity contribution in [1.29, 1.82) is 5.26 Å². The van der Waals surface area contributed by atoms with Gasteiger partial charge in [-0.1, -0.05) is 26.0 Å². The van der Waals surface area contributed by atoms with Crippen LogP contribution in [0, 0.1) is 17.2 Å². The standard InChI is InChI=1S/C13H16N2O2/c1-10(2)9-17-13(16)15-8-12-5-3-4-11(6-12)7-14/h3-6,10H,8-9H2,1-2H3,(H,15,16). The number of amides is 1. The Morgan fingerprint density at radius 2 is 2.29 bits per heavy atom. The Balaban J connectivity index is 2.40. The summed E-state index contributed by atoms with van der Waals surface area (Å²) in [5.74, 6) is 0.322. The highest BCUT2D eigenvalue weighted by Gasteiger charge is 2.03. The first-order valence-electron chi connectivity index (χ1n) is 5.51. The number of nitriles is 1. The molecule has 0 bridgehead atoms. The average molecular weight is 232 g/mol. The maximum absolute atomic E-state index is 11.3. The van der Waals surface area contributed by atoms with Crippen LogP contribution in [0.15, 0.2) is 24.3 Å². The number of hydrogen-bond donors (Lipinski definition) is 1. The lowest BCUT2D eigenvalue weighted by Crippen LogP contribution is -2.25. The third-order valence-corrected chi connectivity index (χ3v) is 2.04. The summed E-state index contributed by atoms with van der Waals surface area (Å²) in [6.07, 6.45) is -0.430. The minimum atomic E-state index is -0.430. The van der Waals surface area contributed by atoms with E-state index in [2.05, 4.69) is 11.4 Å². The van der Waals surface area contributed by atoms with Crippen LogP contribution in [0.4, 0.5) is 4.79 Å². The van der Waals surface area contributed by atoms with Crippen LogP contribution in [0.25, 0.3) is 0 Å². The quantitative estimate of drug-likeness (QED) is 0.867. The van der Waals surface area contributed by atoms with E-state index in [9.17, 15) is 4.79 Å². The fourth-order valence-corrected chi connectivity index (χ4v) is 1.22. The molecule has 0 atom stereocenters. The zero-order valence-electron chi connectivity index (χ0n) is 10.1. The van der Waals surface area contributed by atoms with Crippen LogP contribution in [0.1, 0.15) is 25.0 Å². The molecular formula is C13H16N2O2. The number of nitrogens with one attached hydrogen (secondary N) is 1. The van der Waals surface area contributed by atoms with Crippen molar-refractivity contribution in [3.63, 3.8) is 0 Å². The molecular weight excluding hydrogens is 216 g/mol. The minimum Gasteiger partial charge on any atom is -0.449 e. The Kier molecular flexibility index (Phi) is 5.02. The lowest BCUT2D eigenvalue weighted by atomic mass is 10.1. The van der Waals surface area contributed by atoms with E-state index < -0.39 is 6.09 Å². The largest absolute Gasteiger partial charge is 0.449 e. The summed E-state index contributed by atoms with van der Waals surface area (Å²) in [5, 5.41) is 11.4. The molecule has 1 aromatic rings. The summed E-state index contributed by atoms with van der Waals surface area (Å²) in [6.45, 7) is 4.73. The molecule has 0 aliphatic carbocycles.